The molecule has 1 atom stereocenters. The Morgan fingerprint density at radius 3 is 2.30 bits per heavy atom. The first kappa shape index (κ1) is 19.4. The van der Waals surface area contributed by atoms with Crippen LogP contribution in [0.1, 0.15) is 36.8 Å². The molecular weight excluding hydrogens is 360 g/mol. The Kier molecular flexibility index (Phi) is 6.51. The van der Waals surface area contributed by atoms with E-state index < -0.39 is 0 Å². The maximum Gasteiger partial charge on any atom is 0.223 e. The van der Waals surface area contributed by atoms with Gasteiger partial charge in [0.2, 0.25) is 11.8 Å². The Hall–Kier alpha value is -2.33. The zero-order valence-electron chi connectivity index (χ0n) is 15.6. The van der Waals surface area contributed by atoms with E-state index >= 15 is 0 Å². The summed E-state index contributed by atoms with van der Waals surface area (Å²) in [6.45, 7) is 4.20. The van der Waals surface area contributed by atoms with Crippen molar-refractivity contribution in [3.63, 3.8) is 0 Å². The van der Waals surface area contributed by atoms with Crippen LogP contribution < -0.4 is 0 Å². The number of hydrogen-bond acceptors (Lipinski definition) is 2. The molecule has 1 fully saturated rings. The molecule has 1 aliphatic rings. The minimum Gasteiger partial charge on any atom is -0.341 e. The summed E-state index contributed by atoms with van der Waals surface area (Å²) in [6, 6.07) is 17.8. The second-order valence-electron chi connectivity index (χ2n) is 6.96. The van der Waals surface area contributed by atoms with Gasteiger partial charge in [0, 0.05) is 50.5 Å². The fourth-order valence-electron chi connectivity index (χ4n) is 3.62. The van der Waals surface area contributed by atoms with Gasteiger partial charge in [0.25, 0.3) is 0 Å². The molecule has 0 saturated carbocycles. The summed E-state index contributed by atoms with van der Waals surface area (Å²) in [5.74, 6) is 0.157. The minimum atomic E-state index is -0.0374. The highest BCUT2D eigenvalue weighted by atomic mass is 35.5. The molecule has 1 heterocycles. The molecule has 0 radical (unpaired) electrons. The van der Waals surface area contributed by atoms with Gasteiger partial charge in [0.1, 0.15) is 0 Å². The molecule has 3 rings (SSSR count). The zero-order chi connectivity index (χ0) is 19.2. The maximum absolute atomic E-state index is 13.1. The van der Waals surface area contributed by atoms with E-state index in [0.717, 1.165) is 24.1 Å². The van der Waals surface area contributed by atoms with Gasteiger partial charge < -0.3 is 9.80 Å². The van der Waals surface area contributed by atoms with Crippen LogP contribution in [0.3, 0.4) is 0 Å². The zero-order valence-corrected chi connectivity index (χ0v) is 16.4. The van der Waals surface area contributed by atoms with Crippen molar-refractivity contribution >= 4 is 23.4 Å². The van der Waals surface area contributed by atoms with Crippen LogP contribution in [0.5, 0.6) is 0 Å². The summed E-state index contributed by atoms with van der Waals surface area (Å²) >= 11 is 6.20. The summed E-state index contributed by atoms with van der Waals surface area (Å²) in [6.07, 6.45) is 1.21. The first-order chi connectivity index (χ1) is 13.0. The molecular formula is C22H25ClN2O2. The molecule has 1 saturated heterocycles. The normalized spacial score (nSPS) is 15.9. The highest BCUT2D eigenvalue weighted by Crippen LogP contribution is 2.30. The summed E-state index contributed by atoms with van der Waals surface area (Å²) < 4.78 is 0. The van der Waals surface area contributed by atoms with Crippen molar-refractivity contribution < 1.29 is 9.59 Å². The largest absolute Gasteiger partial charge is 0.341 e. The molecule has 142 valence electrons. The van der Waals surface area contributed by atoms with E-state index in [4.69, 9.17) is 11.6 Å². The van der Waals surface area contributed by atoms with Crippen LogP contribution in [-0.4, -0.2) is 47.8 Å². The fraction of sp³-hybridized carbons (Fsp3) is 0.364. The van der Waals surface area contributed by atoms with E-state index in [1.807, 2.05) is 52.3 Å². The van der Waals surface area contributed by atoms with Gasteiger partial charge >= 0.3 is 0 Å². The summed E-state index contributed by atoms with van der Waals surface area (Å²) in [5.41, 5.74) is 2.15. The quantitative estimate of drug-likeness (QED) is 0.801. The Morgan fingerprint density at radius 1 is 0.926 bits per heavy atom. The topological polar surface area (TPSA) is 40.6 Å². The summed E-state index contributed by atoms with van der Waals surface area (Å²) in [4.78, 5) is 28.4. The van der Waals surface area contributed by atoms with Gasteiger partial charge in [0.15, 0.2) is 0 Å². The molecule has 2 aromatic rings. The van der Waals surface area contributed by atoms with Gasteiger partial charge in [0.05, 0.1) is 0 Å². The first-order valence-corrected chi connectivity index (χ1v) is 9.76. The predicted molar refractivity (Wildman–Crippen MR) is 108 cm³/mol. The Labute approximate surface area is 165 Å². The number of rotatable bonds is 4. The summed E-state index contributed by atoms with van der Waals surface area (Å²) in [5, 5.41) is 0.674. The average Bonchev–Trinajstić information content (AvgIpc) is 2.93. The number of carbonyl (C=O) groups is 2. The third-order valence-electron chi connectivity index (χ3n) is 5.13. The highest BCUT2D eigenvalue weighted by molar-refractivity contribution is 6.30. The minimum absolute atomic E-state index is 0.0374. The molecule has 0 bridgehead atoms. The third-order valence-corrected chi connectivity index (χ3v) is 5.36. The van der Waals surface area contributed by atoms with Crippen molar-refractivity contribution in [1.82, 2.24) is 9.80 Å². The molecule has 5 heteroatoms. The van der Waals surface area contributed by atoms with Crippen molar-refractivity contribution in [2.24, 2.45) is 0 Å². The fourth-order valence-corrected chi connectivity index (χ4v) is 3.82. The molecule has 2 aromatic carbocycles. The third kappa shape index (κ3) is 5.10. The van der Waals surface area contributed by atoms with Gasteiger partial charge in [-0.25, -0.2) is 0 Å². The second-order valence-corrected chi connectivity index (χ2v) is 7.40. The number of carbonyl (C=O) groups excluding carboxylic acids is 2. The highest BCUT2D eigenvalue weighted by Gasteiger charge is 2.24. The standard InChI is InChI=1S/C22H25ClN2O2/c1-17(26)24-11-6-12-25(14-13-24)22(27)16-21(18-7-3-2-4-8-18)19-9-5-10-20(23)15-19/h2-5,7-10,15,21H,6,11-14,16H2,1H3/t21-/m1/s1. The second kappa shape index (κ2) is 9.05. The first-order valence-electron chi connectivity index (χ1n) is 9.38. The van der Waals surface area contributed by atoms with Gasteiger partial charge in [-0.1, -0.05) is 54.1 Å². The van der Waals surface area contributed by atoms with Crippen LogP contribution in [0.2, 0.25) is 5.02 Å². The van der Waals surface area contributed by atoms with Crippen LogP contribution in [-0.2, 0) is 9.59 Å². The van der Waals surface area contributed by atoms with Crippen molar-refractivity contribution in [3.05, 3.63) is 70.7 Å². The van der Waals surface area contributed by atoms with Crippen LogP contribution in [0.25, 0.3) is 0 Å². The Bertz CT molecular complexity index is 794. The molecule has 2 amide bonds. The maximum atomic E-state index is 13.1. The van der Waals surface area contributed by atoms with Crippen LogP contribution in [0.4, 0.5) is 0 Å². The number of nitrogens with zero attached hydrogens (tertiary/aromatic N) is 2. The number of halogens is 1. The van der Waals surface area contributed by atoms with Crippen molar-refractivity contribution in [1.29, 1.82) is 0 Å². The molecule has 0 aromatic heterocycles. The van der Waals surface area contributed by atoms with Crippen LogP contribution >= 0.6 is 11.6 Å². The van der Waals surface area contributed by atoms with Crippen LogP contribution in [0, 0.1) is 0 Å². The van der Waals surface area contributed by atoms with Gasteiger partial charge in [-0.05, 0) is 29.7 Å². The number of hydrogen-bond donors (Lipinski definition) is 0. The van der Waals surface area contributed by atoms with Gasteiger partial charge in [-0.15, -0.1) is 0 Å². The molecule has 0 N–H and O–H groups in total. The van der Waals surface area contributed by atoms with E-state index in [1.54, 1.807) is 6.92 Å². The Morgan fingerprint density at radius 2 is 1.59 bits per heavy atom. The predicted octanol–water partition coefficient (Wildman–Crippen LogP) is 3.94. The molecule has 27 heavy (non-hydrogen) atoms. The smallest absolute Gasteiger partial charge is 0.223 e. The molecule has 1 aliphatic heterocycles. The van der Waals surface area contributed by atoms with Crippen LogP contribution in [0.15, 0.2) is 54.6 Å². The number of benzene rings is 2. The lowest BCUT2D eigenvalue weighted by Crippen LogP contribution is -2.37. The van der Waals surface area contributed by atoms with E-state index in [9.17, 15) is 9.59 Å². The monoisotopic (exact) mass is 384 g/mol. The number of amides is 2. The van der Waals surface area contributed by atoms with Crippen molar-refractivity contribution in [2.75, 3.05) is 26.2 Å². The summed E-state index contributed by atoms with van der Waals surface area (Å²) in [7, 11) is 0. The lowest BCUT2D eigenvalue weighted by molar-refractivity contribution is -0.132. The average molecular weight is 385 g/mol. The van der Waals surface area contributed by atoms with E-state index in [-0.39, 0.29) is 17.7 Å². The molecule has 0 spiro atoms. The lowest BCUT2D eigenvalue weighted by atomic mass is 9.88. The van der Waals surface area contributed by atoms with E-state index in [1.165, 1.54) is 0 Å². The van der Waals surface area contributed by atoms with Gasteiger partial charge in [-0.2, -0.15) is 0 Å². The SMILES string of the molecule is CC(=O)N1CCCN(C(=O)C[C@H](c2ccccc2)c2cccc(Cl)c2)CC1. The Balaban J connectivity index is 1.78. The van der Waals surface area contributed by atoms with Crippen molar-refractivity contribution in [3.8, 4) is 0 Å². The lowest BCUT2D eigenvalue weighted by Gasteiger charge is -2.25. The van der Waals surface area contributed by atoms with E-state index in [2.05, 4.69) is 12.1 Å². The molecule has 0 unspecified atom stereocenters. The molecule has 4 nitrogen and oxygen atoms in total. The van der Waals surface area contributed by atoms with Gasteiger partial charge in [-0.3, -0.25) is 9.59 Å². The van der Waals surface area contributed by atoms with E-state index in [0.29, 0.717) is 31.1 Å². The van der Waals surface area contributed by atoms with Crippen molar-refractivity contribution in [2.45, 2.75) is 25.7 Å². The molecule has 0 aliphatic carbocycles.